The fourth-order valence-corrected chi connectivity index (χ4v) is 6.01. The largest absolute Gasteiger partial charge is 0.311 e. The number of amides is 1. The van der Waals surface area contributed by atoms with Crippen molar-refractivity contribution in [1.82, 2.24) is 4.72 Å². The van der Waals surface area contributed by atoms with Crippen molar-refractivity contribution in [2.75, 3.05) is 17.2 Å². The minimum Gasteiger partial charge on any atom is -0.311 e. The molecule has 1 fully saturated rings. The van der Waals surface area contributed by atoms with Crippen LogP contribution in [0.5, 0.6) is 0 Å². The van der Waals surface area contributed by atoms with Crippen LogP contribution in [0.3, 0.4) is 0 Å². The maximum absolute atomic E-state index is 12.9. The van der Waals surface area contributed by atoms with Gasteiger partial charge in [0, 0.05) is 24.4 Å². The number of sulfonamides is 1. The molecule has 1 heterocycles. The highest BCUT2D eigenvalue weighted by Gasteiger charge is 2.25. The van der Waals surface area contributed by atoms with Crippen LogP contribution < -0.4 is 9.62 Å². The number of fused-ring (bicyclic) bond motifs is 1. The third-order valence-corrected chi connectivity index (χ3v) is 7.79. The Morgan fingerprint density at radius 1 is 1.12 bits per heavy atom. The Balaban J connectivity index is 1.84. The summed E-state index contributed by atoms with van der Waals surface area (Å²) in [6.07, 6.45) is 8.48. The maximum Gasteiger partial charge on any atom is 0.240 e. The van der Waals surface area contributed by atoms with E-state index in [1.54, 1.807) is 28.8 Å². The lowest BCUT2D eigenvalue weighted by Crippen LogP contribution is -2.35. The smallest absolute Gasteiger partial charge is 0.240 e. The predicted octanol–water partition coefficient (Wildman–Crippen LogP) is 3.93. The van der Waals surface area contributed by atoms with Crippen molar-refractivity contribution < 1.29 is 13.2 Å². The van der Waals surface area contributed by atoms with Gasteiger partial charge in [-0.1, -0.05) is 32.1 Å². The Labute approximate surface area is 161 Å². The Morgan fingerprint density at radius 2 is 1.81 bits per heavy atom. The van der Waals surface area contributed by atoms with E-state index in [0.717, 1.165) is 48.4 Å². The van der Waals surface area contributed by atoms with E-state index >= 15 is 0 Å². The average molecular weight is 397 g/mol. The molecule has 7 heteroatoms. The quantitative estimate of drug-likeness (QED) is 0.841. The van der Waals surface area contributed by atoms with Crippen molar-refractivity contribution in [3.63, 3.8) is 0 Å². The fraction of sp³-hybridized carbons (Fsp3) is 0.632. The summed E-state index contributed by atoms with van der Waals surface area (Å²) in [4.78, 5) is 14.9. The molecule has 26 heavy (non-hydrogen) atoms. The van der Waals surface area contributed by atoms with Gasteiger partial charge in [0.15, 0.2) is 0 Å². The van der Waals surface area contributed by atoms with E-state index in [-0.39, 0.29) is 16.8 Å². The molecule has 144 valence electrons. The molecule has 1 saturated carbocycles. The van der Waals surface area contributed by atoms with Crippen LogP contribution in [0.1, 0.15) is 58.3 Å². The standard InChI is InChI=1S/C19H28N2O3S2/c1-15(22)21-12-7-13-25-19-11-10-17(14-18(19)21)26(23,24)20-16-8-5-3-2-4-6-9-16/h10-11,14,16,20H,2-9,12-13H2,1H3. The molecule has 1 N–H and O–H groups in total. The van der Waals surface area contributed by atoms with Gasteiger partial charge >= 0.3 is 0 Å². The molecule has 1 aliphatic carbocycles. The van der Waals surface area contributed by atoms with E-state index in [9.17, 15) is 13.2 Å². The van der Waals surface area contributed by atoms with Crippen LogP contribution in [-0.4, -0.2) is 32.7 Å². The van der Waals surface area contributed by atoms with E-state index < -0.39 is 10.0 Å². The number of hydrogen-bond donors (Lipinski definition) is 1. The van der Waals surface area contributed by atoms with Gasteiger partial charge in [0.05, 0.1) is 10.6 Å². The SMILES string of the molecule is CC(=O)N1CCCSc2ccc(S(=O)(=O)NC3CCCCCCC3)cc21. The summed E-state index contributed by atoms with van der Waals surface area (Å²) in [5.41, 5.74) is 0.723. The summed E-state index contributed by atoms with van der Waals surface area (Å²) >= 11 is 1.68. The molecular weight excluding hydrogens is 368 g/mol. The van der Waals surface area contributed by atoms with Crippen molar-refractivity contribution in [2.24, 2.45) is 0 Å². The van der Waals surface area contributed by atoms with Gasteiger partial charge in [0.1, 0.15) is 0 Å². The molecule has 5 nitrogen and oxygen atoms in total. The Hall–Kier alpha value is -1.05. The van der Waals surface area contributed by atoms with E-state index in [0.29, 0.717) is 6.54 Å². The first-order valence-electron chi connectivity index (χ1n) is 9.55. The third-order valence-electron chi connectivity index (χ3n) is 5.12. The van der Waals surface area contributed by atoms with E-state index in [2.05, 4.69) is 4.72 Å². The van der Waals surface area contributed by atoms with Gasteiger partial charge in [-0.2, -0.15) is 0 Å². The van der Waals surface area contributed by atoms with Gasteiger partial charge in [-0.25, -0.2) is 13.1 Å². The number of nitrogens with one attached hydrogen (secondary N) is 1. The van der Waals surface area contributed by atoms with Crippen LogP contribution in [0.25, 0.3) is 0 Å². The Bertz CT molecular complexity index is 741. The maximum atomic E-state index is 12.9. The van der Waals surface area contributed by atoms with Gasteiger partial charge in [-0.05, 0) is 43.2 Å². The molecule has 1 aromatic carbocycles. The van der Waals surface area contributed by atoms with E-state index in [1.165, 1.54) is 26.2 Å². The predicted molar refractivity (Wildman–Crippen MR) is 106 cm³/mol. The summed E-state index contributed by atoms with van der Waals surface area (Å²) in [6.45, 7) is 2.17. The summed E-state index contributed by atoms with van der Waals surface area (Å²) in [5, 5.41) is 0. The van der Waals surface area contributed by atoms with Crippen molar-refractivity contribution in [2.45, 2.75) is 74.1 Å². The molecule has 2 aliphatic rings. The van der Waals surface area contributed by atoms with Crippen LogP contribution in [-0.2, 0) is 14.8 Å². The van der Waals surface area contributed by atoms with E-state index in [4.69, 9.17) is 0 Å². The Kier molecular flexibility index (Phi) is 6.64. The molecule has 1 aromatic rings. The van der Waals surface area contributed by atoms with Crippen molar-refractivity contribution in [3.8, 4) is 0 Å². The molecule has 3 rings (SSSR count). The minimum absolute atomic E-state index is 0.0115. The lowest BCUT2D eigenvalue weighted by atomic mass is 9.97. The molecule has 0 spiro atoms. The first-order chi connectivity index (χ1) is 12.5. The number of hydrogen-bond acceptors (Lipinski definition) is 4. The number of benzene rings is 1. The molecule has 0 radical (unpaired) electrons. The third kappa shape index (κ3) is 4.81. The van der Waals surface area contributed by atoms with Crippen molar-refractivity contribution in [3.05, 3.63) is 18.2 Å². The minimum atomic E-state index is -3.58. The van der Waals surface area contributed by atoms with Crippen molar-refractivity contribution in [1.29, 1.82) is 0 Å². The van der Waals surface area contributed by atoms with Gasteiger partial charge in [0.2, 0.25) is 15.9 Å². The van der Waals surface area contributed by atoms with Crippen molar-refractivity contribution >= 4 is 33.4 Å². The average Bonchev–Trinajstić information content (AvgIpc) is 2.79. The molecule has 1 amide bonds. The van der Waals surface area contributed by atoms with Crippen LogP contribution >= 0.6 is 11.8 Å². The van der Waals surface area contributed by atoms with Gasteiger partial charge < -0.3 is 4.90 Å². The molecular formula is C19H28N2O3S2. The fourth-order valence-electron chi connectivity index (χ4n) is 3.71. The van der Waals surface area contributed by atoms with Crippen LogP contribution in [0.2, 0.25) is 0 Å². The number of rotatable bonds is 3. The second-order valence-electron chi connectivity index (χ2n) is 7.17. The second-order valence-corrected chi connectivity index (χ2v) is 10.0. The first-order valence-corrected chi connectivity index (χ1v) is 12.0. The Morgan fingerprint density at radius 3 is 2.50 bits per heavy atom. The zero-order valence-electron chi connectivity index (χ0n) is 15.4. The number of thioether (sulfide) groups is 1. The molecule has 0 bridgehead atoms. The molecule has 0 saturated heterocycles. The highest BCUT2D eigenvalue weighted by molar-refractivity contribution is 7.99. The lowest BCUT2D eigenvalue weighted by Gasteiger charge is -2.23. The van der Waals surface area contributed by atoms with Crippen LogP contribution in [0.4, 0.5) is 5.69 Å². The summed E-state index contributed by atoms with van der Waals surface area (Å²) in [6, 6.07) is 5.19. The zero-order chi connectivity index (χ0) is 18.6. The first kappa shape index (κ1) is 19.7. The molecule has 0 aromatic heterocycles. The molecule has 1 aliphatic heterocycles. The number of carbonyl (C=O) groups excluding carboxylic acids is 1. The number of carbonyl (C=O) groups is 1. The zero-order valence-corrected chi connectivity index (χ0v) is 17.0. The number of anilines is 1. The molecule has 0 atom stereocenters. The number of nitrogens with zero attached hydrogens (tertiary/aromatic N) is 1. The highest BCUT2D eigenvalue weighted by Crippen LogP contribution is 2.35. The summed E-state index contributed by atoms with van der Waals surface area (Å²) < 4.78 is 28.8. The van der Waals surface area contributed by atoms with E-state index in [1.807, 2.05) is 6.07 Å². The second kappa shape index (κ2) is 8.76. The lowest BCUT2D eigenvalue weighted by molar-refractivity contribution is -0.116. The van der Waals surface area contributed by atoms with Crippen LogP contribution in [0, 0.1) is 0 Å². The highest BCUT2D eigenvalue weighted by atomic mass is 32.2. The van der Waals surface area contributed by atoms with Crippen LogP contribution in [0.15, 0.2) is 28.0 Å². The topological polar surface area (TPSA) is 66.5 Å². The monoisotopic (exact) mass is 396 g/mol. The van der Waals surface area contributed by atoms with Gasteiger partial charge in [0.25, 0.3) is 0 Å². The normalized spacial score (nSPS) is 20.0. The van der Waals surface area contributed by atoms with Gasteiger partial charge in [-0.3, -0.25) is 4.79 Å². The summed E-state index contributed by atoms with van der Waals surface area (Å²) in [7, 11) is -3.58. The summed E-state index contributed by atoms with van der Waals surface area (Å²) in [5.74, 6) is 0.889. The van der Waals surface area contributed by atoms with Gasteiger partial charge in [-0.15, -0.1) is 11.8 Å². The molecule has 0 unspecified atom stereocenters.